The largest absolute Gasteiger partial charge is 0.126 e. The highest BCUT2D eigenvalue weighted by atomic mass is 79.9. The van der Waals surface area contributed by atoms with E-state index in [4.69, 9.17) is 11.6 Å². The lowest BCUT2D eigenvalue weighted by atomic mass is 9.86. The van der Waals surface area contributed by atoms with E-state index in [2.05, 4.69) is 54.0 Å². The molecular formula is C16H24BrCl. The lowest BCUT2D eigenvalue weighted by molar-refractivity contribution is 0.395. The Balaban J connectivity index is 2.68. The number of halogens is 2. The first kappa shape index (κ1) is 16.0. The fourth-order valence-electron chi connectivity index (χ4n) is 2.46. The smallest absolute Gasteiger partial charge is 0.0292 e. The zero-order valence-electron chi connectivity index (χ0n) is 11.5. The second kappa shape index (κ2) is 8.98. The Morgan fingerprint density at radius 1 is 1.22 bits per heavy atom. The zero-order valence-corrected chi connectivity index (χ0v) is 13.8. The molecule has 0 saturated carbocycles. The van der Waals surface area contributed by atoms with Crippen LogP contribution in [0, 0.1) is 5.92 Å². The van der Waals surface area contributed by atoms with Crippen LogP contribution in [0.25, 0.3) is 0 Å². The summed E-state index contributed by atoms with van der Waals surface area (Å²) in [5.74, 6) is 2.00. The van der Waals surface area contributed by atoms with Crippen LogP contribution in [-0.4, -0.2) is 5.88 Å². The van der Waals surface area contributed by atoms with Crippen molar-refractivity contribution < 1.29 is 0 Å². The highest BCUT2D eigenvalue weighted by Crippen LogP contribution is 2.33. The average Bonchev–Trinajstić information content (AvgIpc) is 2.40. The Kier molecular flexibility index (Phi) is 8.01. The van der Waals surface area contributed by atoms with Crippen molar-refractivity contribution in [3.05, 3.63) is 34.3 Å². The minimum absolute atomic E-state index is 0.476. The fourth-order valence-corrected chi connectivity index (χ4v) is 3.36. The van der Waals surface area contributed by atoms with E-state index < -0.39 is 0 Å². The van der Waals surface area contributed by atoms with Crippen LogP contribution in [0.5, 0.6) is 0 Å². The number of benzene rings is 1. The van der Waals surface area contributed by atoms with Gasteiger partial charge in [-0.2, -0.15) is 0 Å². The summed E-state index contributed by atoms with van der Waals surface area (Å²) >= 11 is 9.83. The summed E-state index contributed by atoms with van der Waals surface area (Å²) in [6, 6.07) is 8.48. The van der Waals surface area contributed by atoms with Gasteiger partial charge in [0, 0.05) is 10.4 Å². The quantitative estimate of drug-likeness (QED) is 0.485. The van der Waals surface area contributed by atoms with Gasteiger partial charge in [-0.15, -0.1) is 11.6 Å². The maximum Gasteiger partial charge on any atom is 0.0292 e. The van der Waals surface area contributed by atoms with E-state index in [9.17, 15) is 0 Å². The van der Waals surface area contributed by atoms with Crippen molar-refractivity contribution in [1.82, 2.24) is 0 Å². The van der Waals surface area contributed by atoms with Crippen LogP contribution in [0.1, 0.15) is 57.4 Å². The molecule has 0 bridgehead atoms. The molecule has 0 saturated heterocycles. The van der Waals surface area contributed by atoms with Crippen LogP contribution in [-0.2, 0) is 0 Å². The third kappa shape index (κ3) is 4.93. The van der Waals surface area contributed by atoms with Crippen LogP contribution in [0.15, 0.2) is 28.7 Å². The molecule has 0 aromatic heterocycles. The number of rotatable bonds is 8. The highest BCUT2D eigenvalue weighted by Gasteiger charge is 2.18. The zero-order chi connectivity index (χ0) is 13.4. The maximum atomic E-state index is 6.19. The predicted octanol–water partition coefficient (Wildman–Crippen LogP) is 6.38. The molecule has 0 aliphatic heterocycles. The van der Waals surface area contributed by atoms with Crippen LogP contribution >= 0.6 is 27.5 Å². The molecular weight excluding hydrogens is 308 g/mol. The lowest BCUT2D eigenvalue weighted by Gasteiger charge is -2.22. The molecule has 0 aliphatic carbocycles. The van der Waals surface area contributed by atoms with Crippen LogP contribution in [0.2, 0.25) is 0 Å². The Morgan fingerprint density at radius 2 is 1.94 bits per heavy atom. The summed E-state index contributed by atoms with van der Waals surface area (Å²) in [4.78, 5) is 0. The first-order valence-electron chi connectivity index (χ1n) is 7.03. The number of hydrogen-bond donors (Lipinski definition) is 0. The second-order valence-electron chi connectivity index (χ2n) is 5.02. The Bertz CT molecular complexity index is 338. The summed E-state index contributed by atoms with van der Waals surface area (Å²) in [5, 5.41) is 0. The molecule has 0 fully saturated rings. The SMILES string of the molecule is CCCCC(CC)CC(CCl)c1ccccc1Br. The molecule has 102 valence electrons. The molecule has 2 unspecified atom stereocenters. The van der Waals surface area contributed by atoms with Gasteiger partial charge in [0.15, 0.2) is 0 Å². The standard InChI is InChI=1S/C16H24BrCl/c1-3-5-8-13(4-2)11-14(12-18)15-9-6-7-10-16(15)17/h6-7,9-10,13-14H,3-5,8,11-12H2,1-2H3. The van der Waals surface area contributed by atoms with Gasteiger partial charge in [-0.05, 0) is 29.9 Å². The minimum atomic E-state index is 0.476. The van der Waals surface area contributed by atoms with E-state index in [1.807, 2.05) is 0 Å². The van der Waals surface area contributed by atoms with E-state index in [1.54, 1.807) is 0 Å². The number of unbranched alkanes of at least 4 members (excludes halogenated alkanes) is 1. The number of hydrogen-bond acceptors (Lipinski definition) is 0. The monoisotopic (exact) mass is 330 g/mol. The van der Waals surface area contributed by atoms with Crippen molar-refractivity contribution in [1.29, 1.82) is 0 Å². The normalized spacial score (nSPS) is 14.4. The Hall–Kier alpha value is -0.0100. The summed E-state index contributed by atoms with van der Waals surface area (Å²) in [6.07, 6.45) is 6.44. The Labute approximate surface area is 125 Å². The highest BCUT2D eigenvalue weighted by molar-refractivity contribution is 9.10. The van der Waals surface area contributed by atoms with E-state index >= 15 is 0 Å². The molecule has 18 heavy (non-hydrogen) atoms. The van der Waals surface area contributed by atoms with Gasteiger partial charge >= 0.3 is 0 Å². The number of alkyl halides is 1. The Morgan fingerprint density at radius 3 is 2.50 bits per heavy atom. The van der Waals surface area contributed by atoms with Crippen LogP contribution in [0.3, 0.4) is 0 Å². The van der Waals surface area contributed by atoms with Crippen molar-refractivity contribution in [3.63, 3.8) is 0 Å². The predicted molar refractivity (Wildman–Crippen MR) is 85.5 cm³/mol. The van der Waals surface area contributed by atoms with Gasteiger partial charge in [-0.1, -0.05) is 73.7 Å². The van der Waals surface area contributed by atoms with E-state index in [0.717, 1.165) is 5.92 Å². The van der Waals surface area contributed by atoms with E-state index in [0.29, 0.717) is 11.8 Å². The summed E-state index contributed by atoms with van der Waals surface area (Å²) < 4.78 is 1.20. The molecule has 1 aromatic rings. The molecule has 0 nitrogen and oxygen atoms in total. The van der Waals surface area contributed by atoms with Crippen LogP contribution < -0.4 is 0 Å². The molecule has 0 radical (unpaired) electrons. The van der Waals surface area contributed by atoms with Crippen molar-refractivity contribution >= 4 is 27.5 Å². The van der Waals surface area contributed by atoms with Crippen LogP contribution in [0.4, 0.5) is 0 Å². The minimum Gasteiger partial charge on any atom is -0.126 e. The molecule has 0 N–H and O–H groups in total. The van der Waals surface area contributed by atoms with Gasteiger partial charge in [-0.25, -0.2) is 0 Å². The van der Waals surface area contributed by atoms with Gasteiger partial charge in [-0.3, -0.25) is 0 Å². The van der Waals surface area contributed by atoms with Crippen molar-refractivity contribution in [2.24, 2.45) is 5.92 Å². The van der Waals surface area contributed by atoms with Crippen molar-refractivity contribution in [3.8, 4) is 0 Å². The first-order valence-corrected chi connectivity index (χ1v) is 8.36. The molecule has 2 heteroatoms. The molecule has 1 aromatic carbocycles. The van der Waals surface area contributed by atoms with Gasteiger partial charge in [0.25, 0.3) is 0 Å². The topological polar surface area (TPSA) is 0 Å². The molecule has 1 rings (SSSR count). The average molecular weight is 332 g/mol. The molecule has 0 amide bonds. The molecule has 0 aliphatic rings. The third-order valence-corrected chi connectivity index (χ3v) is 4.79. The summed E-state index contributed by atoms with van der Waals surface area (Å²) in [7, 11) is 0. The molecule has 0 spiro atoms. The maximum absolute atomic E-state index is 6.19. The van der Waals surface area contributed by atoms with Crippen molar-refractivity contribution in [2.45, 2.75) is 51.9 Å². The van der Waals surface area contributed by atoms with Gasteiger partial charge in [0.1, 0.15) is 0 Å². The lowest BCUT2D eigenvalue weighted by Crippen LogP contribution is -2.09. The van der Waals surface area contributed by atoms with Gasteiger partial charge < -0.3 is 0 Å². The van der Waals surface area contributed by atoms with Gasteiger partial charge in [0.2, 0.25) is 0 Å². The first-order chi connectivity index (χ1) is 8.72. The van der Waals surface area contributed by atoms with E-state index in [1.165, 1.54) is 42.1 Å². The molecule has 2 atom stereocenters. The second-order valence-corrected chi connectivity index (χ2v) is 6.19. The summed E-state index contributed by atoms with van der Waals surface area (Å²) in [5.41, 5.74) is 1.36. The third-order valence-electron chi connectivity index (χ3n) is 3.69. The summed E-state index contributed by atoms with van der Waals surface area (Å²) in [6.45, 7) is 4.56. The molecule has 0 heterocycles. The van der Waals surface area contributed by atoms with Crippen molar-refractivity contribution in [2.75, 3.05) is 5.88 Å². The van der Waals surface area contributed by atoms with Gasteiger partial charge in [0.05, 0.1) is 0 Å². The fraction of sp³-hybridized carbons (Fsp3) is 0.625. The van der Waals surface area contributed by atoms with E-state index in [-0.39, 0.29) is 0 Å².